The molecule has 0 heterocycles. The largest absolute Gasteiger partial charge is 0.391 e. The zero-order valence-electron chi connectivity index (χ0n) is 10.3. The average molecular weight is 241 g/mol. The second kappa shape index (κ2) is 5.75. The molecule has 0 aliphatic heterocycles. The van der Waals surface area contributed by atoms with Gasteiger partial charge in [0.15, 0.2) is 0 Å². The van der Waals surface area contributed by atoms with E-state index in [0.717, 1.165) is 0 Å². The van der Waals surface area contributed by atoms with Gasteiger partial charge in [-0.25, -0.2) is 8.78 Å². The van der Waals surface area contributed by atoms with Crippen LogP contribution in [-0.2, 0) is 11.4 Å². The molecule has 1 rings (SSSR count). The first-order valence-corrected chi connectivity index (χ1v) is 5.42. The molecule has 94 valence electrons. The lowest BCUT2D eigenvalue weighted by molar-refractivity contribution is 0.128. The van der Waals surface area contributed by atoms with Gasteiger partial charge in [-0.1, -0.05) is 44.1 Å². The standard InChI is InChI=1S/C13H17F2NO/c1-13(2,3)9-16-17-8-10-5-4-6-11(7-10)12(14)15/h4-7,9,12H,8H2,1-3H3. The maximum atomic E-state index is 12.4. The molecule has 0 saturated heterocycles. The molecule has 1 aromatic carbocycles. The van der Waals surface area contributed by atoms with Crippen LogP contribution in [0, 0.1) is 5.41 Å². The third-order valence-corrected chi connectivity index (χ3v) is 1.95. The second-order valence-electron chi connectivity index (χ2n) is 4.92. The Balaban J connectivity index is 2.52. The van der Waals surface area contributed by atoms with E-state index in [1.807, 2.05) is 20.8 Å². The van der Waals surface area contributed by atoms with E-state index in [2.05, 4.69) is 5.16 Å². The first-order valence-electron chi connectivity index (χ1n) is 5.42. The lowest BCUT2D eigenvalue weighted by Crippen LogP contribution is -2.06. The molecule has 17 heavy (non-hydrogen) atoms. The number of oxime groups is 1. The number of alkyl halides is 2. The van der Waals surface area contributed by atoms with Gasteiger partial charge in [-0.05, 0) is 11.6 Å². The summed E-state index contributed by atoms with van der Waals surface area (Å²) in [4.78, 5) is 5.06. The van der Waals surface area contributed by atoms with Gasteiger partial charge >= 0.3 is 0 Å². The zero-order valence-corrected chi connectivity index (χ0v) is 10.3. The Morgan fingerprint density at radius 3 is 2.65 bits per heavy atom. The SMILES string of the molecule is CC(C)(C)C=NOCc1cccc(C(F)F)c1. The first-order chi connectivity index (χ1) is 7.88. The van der Waals surface area contributed by atoms with Gasteiger partial charge in [-0.2, -0.15) is 0 Å². The normalized spacial score (nSPS) is 12.4. The van der Waals surface area contributed by atoms with Gasteiger partial charge in [0.1, 0.15) is 6.61 Å². The fourth-order valence-corrected chi connectivity index (χ4v) is 1.13. The van der Waals surface area contributed by atoms with Crippen molar-refractivity contribution in [3.05, 3.63) is 35.4 Å². The highest BCUT2D eigenvalue weighted by Gasteiger charge is 2.07. The van der Waals surface area contributed by atoms with Crippen molar-refractivity contribution in [2.45, 2.75) is 33.8 Å². The minimum atomic E-state index is -2.45. The molecule has 0 aliphatic carbocycles. The third-order valence-electron chi connectivity index (χ3n) is 1.95. The molecule has 0 unspecified atom stereocenters. The van der Waals surface area contributed by atoms with Gasteiger partial charge in [0.25, 0.3) is 6.43 Å². The fraction of sp³-hybridized carbons (Fsp3) is 0.462. The average Bonchev–Trinajstić information content (AvgIpc) is 2.23. The van der Waals surface area contributed by atoms with Gasteiger partial charge < -0.3 is 4.84 Å². The van der Waals surface area contributed by atoms with Crippen molar-refractivity contribution in [3.8, 4) is 0 Å². The van der Waals surface area contributed by atoms with Gasteiger partial charge in [0.05, 0.1) is 0 Å². The van der Waals surface area contributed by atoms with Crippen LogP contribution in [0.2, 0.25) is 0 Å². The van der Waals surface area contributed by atoms with E-state index in [4.69, 9.17) is 4.84 Å². The Bertz CT molecular complexity index is 383. The van der Waals surface area contributed by atoms with Gasteiger partial charge in [0, 0.05) is 17.2 Å². The summed E-state index contributed by atoms with van der Waals surface area (Å²) >= 11 is 0. The van der Waals surface area contributed by atoms with Gasteiger partial charge in [-0.3, -0.25) is 0 Å². The van der Waals surface area contributed by atoms with E-state index >= 15 is 0 Å². The molecule has 1 aromatic rings. The van der Waals surface area contributed by atoms with Crippen molar-refractivity contribution in [1.82, 2.24) is 0 Å². The van der Waals surface area contributed by atoms with E-state index < -0.39 is 6.43 Å². The summed E-state index contributed by atoms with van der Waals surface area (Å²) in [5, 5.41) is 3.80. The van der Waals surface area contributed by atoms with E-state index in [-0.39, 0.29) is 17.6 Å². The molecular formula is C13H17F2NO. The monoisotopic (exact) mass is 241 g/mol. The number of benzene rings is 1. The van der Waals surface area contributed by atoms with Crippen molar-refractivity contribution in [1.29, 1.82) is 0 Å². The van der Waals surface area contributed by atoms with Crippen LogP contribution in [0.4, 0.5) is 8.78 Å². The number of hydrogen-bond acceptors (Lipinski definition) is 2. The minimum absolute atomic E-state index is 0.00546. The molecule has 2 nitrogen and oxygen atoms in total. The summed E-state index contributed by atoms with van der Waals surface area (Å²) < 4.78 is 24.8. The van der Waals surface area contributed by atoms with Crippen LogP contribution in [0.1, 0.15) is 38.3 Å². The Morgan fingerprint density at radius 1 is 1.35 bits per heavy atom. The molecule has 0 spiro atoms. The second-order valence-corrected chi connectivity index (χ2v) is 4.92. The van der Waals surface area contributed by atoms with Crippen LogP contribution >= 0.6 is 0 Å². The number of halogens is 2. The Hall–Kier alpha value is -1.45. The maximum absolute atomic E-state index is 12.4. The van der Waals surface area contributed by atoms with Crippen LogP contribution in [0.3, 0.4) is 0 Å². The van der Waals surface area contributed by atoms with Crippen LogP contribution in [-0.4, -0.2) is 6.21 Å². The minimum Gasteiger partial charge on any atom is -0.391 e. The van der Waals surface area contributed by atoms with Gasteiger partial charge in [0.2, 0.25) is 0 Å². The van der Waals surface area contributed by atoms with Crippen molar-refractivity contribution < 1.29 is 13.6 Å². The first kappa shape index (κ1) is 13.6. The zero-order chi connectivity index (χ0) is 12.9. The molecule has 0 amide bonds. The summed E-state index contributed by atoms with van der Waals surface area (Å²) in [5.41, 5.74) is 0.643. The lowest BCUT2D eigenvalue weighted by Gasteiger charge is -2.09. The third kappa shape index (κ3) is 5.43. The predicted octanol–water partition coefficient (Wildman–Crippen LogP) is 4.17. The van der Waals surface area contributed by atoms with E-state index in [1.165, 1.54) is 12.1 Å². The molecule has 0 aromatic heterocycles. The molecule has 0 bridgehead atoms. The van der Waals surface area contributed by atoms with Crippen LogP contribution in [0.5, 0.6) is 0 Å². The summed E-state index contributed by atoms with van der Waals surface area (Å²) in [6.45, 7) is 6.19. The maximum Gasteiger partial charge on any atom is 0.263 e. The molecular weight excluding hydrogens is 224 g/mol. The van der Waals surface area contributed by atoms with Crippen LogP contribution in [0.15, 0.2) is 29.4 Å². The Morgan fingerprint density at radius 2 is 2.06 bits per heavy atom. The summed E-state index contributed by atoms with van der Waals surface area (Å²) in [7, 11) is 0. The van der Waals surface area contributed by atoms with E-state index in [0.29, 0.717) is 5.56 Å². The molecule has 4 heteroatoms. The number of nitrogens with zero attached hydrogens (tertiary/aromatic N) is 1. The van der Waals surface area contributed by atoms with Gasteiger partial charge in [-0.15, -0.1) is 0 Å². The van der Waals surface area contributed by atoms with Crippen LogP contribution in [0.25, 0.3) is 0 Å². The van der Waals surface area contributed by atoms with Crippen molar-refractivity contribution in [2.75, 3.05) is 0 Å². The van der Waals surface area contributed by atoms with E-state index in [9.17, 15) is 8.78 Å². The summed E-state index contributed by atoms with van der Waals surface area (Å²) in [6.07, 6.45) is -0.766. The molecule has 0 aliphatic rings. The van der Waals surface area contributed by atoms with Crippen molar-refractivity contribution in [3.63, 3.8) is 0 Å². The highest BCUT2D eigenvalue weighted by Crippen LogP contribution is 2.19. The molecule has 0 fully saturated rings. The predicted molar refractivity (Wildman–Crippen MR) is 64.1 cm³/mol. The highest BCUT2D eigenvalue weighted by atomic mass is 19.3. The summed E-state index contributed by atoms with van der Waals surface area (Å²) in [6, 6.07) is 6.15. The molecule has 0 radical (unpaired) electrons. The van der Waals surface area contributed by atoms with E-state index in [1.54, 1.807) is 18.3 Å². The highest BCUT2D eigenvalue weighted by molar-refractivity contribution is 5.63. The Labute approximate surface area is 100 Å². The smallest absolute Gasteiger partial charge is 0.263 e. The van der Waals surface area contributed by atoms with Crippen molar-refractivity contribution >= 4 is 6.21 Å². The quantitative estimate of drug-likeness (QED) is 0.572. The molecule has 0 atom stereocenters. The fourth-order valence-electron chi connectivity index (χ4n) is 1.13. The molecule has 0 saturated carbocycles. The summed E-state index contributed by atoms with van der Waals surface area (Å²) in [5.74, 6) is 0. The van der Waals surface area contributed by atoms with Crippen LogP contribution < -0.4 is 0 Å². The number of hydrogen-bond donors (Lipinski definition) is 0. The Kier molecular flexibility index (Phi) is 4.61. The van der Waals surface area contributed by atoms with Crippen molar-refractivity contribution in [2.24, 2.45) is 10.6 Å². The number of rotatable bonds is 4. The molecule has 0 N–H and O–H groups in total. The lowest BCUT2D eigenvalue weighted by atomic mass is 10.00. The topological polar surface area (TPSA) is 21.6 Å².